The maximum absolute atomic E-state index is 4.77. The average Bonchev–Trinajstić information content (AvgIpc) is 2.42. The number of rotatable bonds is 4. The molecule has 5 heteroatoms. The zero-order chi connectivity index (χ0) is 14.7. The van der Waals surface area contributed by atoms with Crippen molar-refractivity contribution in [2.24, 2.45) is 0 Å². The minimum absolute atomic E-state index is 0.321. The molecule has 1 fully saturated rings. The van der Waals surface area contributed by atoms with Crippen LogP contribution in [0.25, 0.3) is 0 Å². The van der Waals surface area contributed by atoms with Crippen LogP contribution in [0.3, 0.4) is 0 Å². The summed E-state index contributed by atoms with van der Waals surface area (Å²) < 4.78 is 0. The van der Waals surface area contributed by atoms with Crippen molar-refractivity contribution >= 4 is 23.5 Å². The first-order chi connectivity index (χ1) is 9.52. The lowest BCUT2D eigenvalue weighted by Gasteiger charge is -2.30. The first-order valence-electron chi connectivity index (χ1n) is 7.36. The van der Waals surface area contributed by atoms with Crippen LogP contribution in [0.2, 0.25) is 0 Å². The molecule has 1 aromatic heterocycles. The molecule has 1 aliphatic rings. The van der Waals surface area contributed by atoms with E-state index in [1.54, 1.807) is 0 Å². The largest absolute Gasteiger partial charge is 0.310 e. The molecule has 1 aliphatic heterocycles. The van der Waals surface area contributed by atoms with Gasteiger partial charge in [0.2, 0.25) is 0 Å². The van der Waals surface area contributed by atoms with E-state index in [0.717, 1.165) is 29.1 Å². The highest BCUT2D eigenvalue weighted by molar-refractivity contribution is 8.07. The quantitative estimate of drug-likeness (QED) is 0.916. The zero-order valence-electron chi connectivity index (χ0n) is 13.0. The lowest BCUT2D eigenvalue weighted by atomic mass is 10.1. The summed E-state index contributed by atoms with van der Waals surface area (Å²) in [6, 6.07) is 0.321. The Morgan fingerprint density at radius 1 is 1.40 bits per heavy atom. The molecular formula is C15H25N3S2. The Balaban J connectivity index is 2.13. The molecule has 1 N–H and O–H groups in total. The van der Waals surface area contributed by atoms with Gasteiger partial charge in [0.25, 0.3) is 0 Å². The molecule has 0 bridgehead atoms. The number of nitrogens with one attached hydrogen (secondary N) is 1. The molecule has 112 valence electrons. The van der Waals surface area contributed by atoms with E-state index in [0.29, 0.717) is 16.5 Å². The van der Waals surface area contributed by atoms with Gasteiger partial charge >= 0.3 is 0 Å². The van der Waals surface area contributed by atoms with Crippen LogP contribution in [-0.4, -0.2) is 32.8 Å². The summed E-state index contributed by atoms with van der Waals surface area (Å²) >= 11 is 4.06. The first kappa shape index (κ1) is 16.1. The normalized spacial score (nSPS) is 28.4. The van der Waals surface area contributed by atoms with E-state index in [4.69, 9.17) is 4.98 Å². The molecule has 0 spiro atoms. The fourth-order valence-electron chi connectivity index (χ4n) is 2.41. The number of aryl methyl sites for hydroxylation is 1. The molecule has 4 atom stereocenters. The average molecular weight is 312 g/mol. The summed E-state index contributed by atoms with van der Waals surface area (Å²) in [5.41, 5.74) is 2.32. The molecule has 20 heavy (non-hydrogen) atoms. The molecular weight excluding hydrogens is 286 g/mol. The minimum Gasteiger partial charge on any atom is -0.310 e. The van der Waals surface area contributed by atoms with Gasteiger partial charge < -0.3 is 5.32 Å². The smallest absolute Gasteiger partial charge is 0.142 e. The van der Waals surface area contributed by atoms with Crippen LogP contribution in [-0.2, 0) is 0 Å². The molecule has 0 amide bonds. The van der Waals surface area contributed by atoms with Crippen LogP contribution in [0, 0.1) is 6.92 Å². The van der Waals surface area contributed by atoms with Gasteiger partial charge in [0.05, 0.1) is 5.25 Å². The molecule has 3 nitrogen and oxygen atoms in total. The second-order valence-electron chi connectivity index (χ2n) is 5.42. The Morgan fingerprint density at radius 2 is 2.15 bits per heavy atom. The van der Waals surface area contributed by atoms with Crippen molar-refractivity contribution in [1.82, 2.24) is 15.3 Å². The lowest BCUT2D eigenvalue weighted by Crippen LogP contribution is -2.24. The van der Waals surface area contributed by atoms with E-state index in [1.807, 2.05) is 29.7 Å². The summed E-state index contributed by atoms with van der Waals surface area (Å²) in [7, 11) is 0. The predicted molar refractivity (Wildman–Crippen MR) is 90.6 cm³/mol. The van der Waals surface area contributed by atoms with E-state index in [1.165, 1.54) is 5.56 Å². The molecule has 1 saturated heterocycles. The summed E-state index contributed by atoms with van der Waals surface area (Å²) in [4.78, 5) is 9.42. The second kappa shape index (κ2) is 7.14. The highest BCUT2D eigenvalue weighted by atomic mass is 32.2. The van der Waals surface area contributed by atoms with Crippen LogP contribution in [0.5, 0.6) is 0 Å². The van der Waals surface area contributed by atoms with Crippen molar-refractivity contribution in [2.45, 2.75) is 56.4 Å². The molecule has 2 heterocycles. The van der Waals surface area contributed by atoms with Crippen molar-refractivity contribution in [3.63, 3.8) is 0 Å². The third-order valence-electron chi connectivity index (χ3n) is 3.85. The van der Waals surface area contributed by atoms with Gasteiger partial charge in [0.1, 0.15) is 5.82 Å². The molecule has 2 rings (SSSR count). The van der Waals surface area contributed by atoms with Crippen molar-refractivity contribution < 1.29 is 0 Å². The van der Waals surface area contributed by atoms with Gasteiger partial charge in [0.15, 0.2) is 0 Å². The predicted octanol–water partition coefficient (Wildman–Crippen LogP) is 3.75. The van der Waals surface area contributed by atoms with Gasteiger partial charge in [-0.05, 0) is 20.4 Å². The number of thioether (sulfide) groups is 2. The fourth-order valence-corrected chi connectivity index (χ4v) is 5.26. The van der Waals surface area contributed by atoms with Gasteiger partial charge in [0, 0.05) is 39.7 Å². The van der Waals surface area contributed by atoms with Crippen LogP contribution < -0.4 is 5.32 Å². The van der Waals surface area contributed by atoms with Crippen LogP contribution in [0.15, 0.2) is 6.20 Å². The van der Waals surface area contributed by atoms with Crippen LogP contribution in [0.1, 0.15) is 56.1 Å². The summed E-state index contributed by atoms with van der Waals surface area (Å²) in [5, 5.41) is 5.26. The SMILES string of the molecule is CCNC(C)c1cnc(C2CSC(C)C(C)S2)nc1C. The third-order valence-corrected chi connectivity index (χ3v) is 7.24. The first-order valence-corrected chi connectivity index (χ1v) is 9.36. The lowest BCUT2D eigenvalue weighted by molar-refractivity contribution is 0.588. The Kier molecular flexibility index (Phi) is 5.75. The number of aromatic nitrogens is 2. The minimum atomic E-state index is 0.321. The van der Waals surface area contributed by atoms with Crippen molar-refractivity contribution in [3.8, 4) is 0 Å². The molecule has 0 aromatic carbocycles. The fraction of sp³-hybridized carbons (Fsp3) is 0.733. The highest BCUT2D eigenvalue weighted by Crippen LogP contribution is 2.43. The van der Waals surface area contributed by atoms with Gasteiger partial charge in [-0.15, -0.1) is 11.8 Å². The van der Waals surface area contributed by atoms with Crippen molar-refractivity contribution in [1.29, 1.82) is 0 Å². The Labute approximate surface area is 131 Å². The molecule has 0 aliphatic carbocycles. The topological polar surface area (TPSA) is 37.8 Å². The summed E-state index contributed by atoms with van der Waals surface area (Å²) in [6.07, 6.45) is 2.01. The van der Waals surface area contributed by atoms with Gasteiger partial charge in [-0.3, -0.25) is 0 Å². The number of hydrogen-bond acceptors (Lipinski definition) is 5. The summed E-state index contributed by atoms with van der Waals surface area (Å²) in [5.74, 6) is 2.13. The van der Waals surface area contributed by atoms with Gasteiger partial charge in [-0.25, -0.2) is 9.97 Å². The standard InChI is InChI=1S/C15H25N3S2/c1-6-16-9(2)13-7-17-15(18-10(13)3)14-8-19-11(4)12(5)20-14/h7,9,11-12,14,16H,6,8H2,1-5H3. The van der Waals surface area contributed by atoms with Crippen molar-refractivity contribution in [3.05, 3.63) is 23.3 Å². The monoisotopic (exact) mass is 311 g/mol. The molecule has 4 unspecified atom stereocenters. The van der Waals surface area contributed by atoms with Crippen LogP contribution >= 0.6 is 23.5 Å². The molecule has 0 saturated carbocycles. The van der Waals surface area contributed by atoms with E-state index in [9.17, 15) is 0 Å². The van der Waals surface area contributed by atoms with E-state index < -0.39 is 0 Å². The third kappa shape index (κ3) is 3.68. The van der Waals surface area contributed by atoms with E-state index >= 15 is 0 Å². The van der Waals surface area contributed by atoms with Crippen molar-refractivity contribution in [2.75, 3.05) is 12.3 Å². The highest BCUT2D eigenvalue weighted by Gasteiger charge is 2.28. The summed E-state index contributed by atoms with van der Waals surface area (Å²) in [6.45, 7) is 12.0. The van der Waals surface area contributed by atoms with Crippen LogP contribution in [0.4, 0.5) is 0 Å². The molecule has 1 aromatic rings. The zero-order valence-corrected chi connectivity index (χ0v) is 14.6. The Morgan fingerprint density at radius 3 is 2.75 bits per heavy atom. The van der Waals surface area contributed by atoms with Gasteiger partial charge in [-0.2, -0.15) is 11.8 Å². The number of hydrogen-bond donors (Lipinski definition) is 1. The Hall–Kier alpha value is -0.260. The van der Waals surface area contributed by atoms with E-state index in [-0.39, 0.29) is 0 Å². The second-order valence-corrected chi connectivity index (χ2v) is 8.41. The number of nitrogens with zero attached hydrogens (tertiary/aromatic N) is 2. The van der Waals surface area contributed by atoms with E-state index in [2.05, 4.69) is 44.9 Å². The molecule has 0 radical (unpaired) electrons. The van der Waals surface area contributed by atoms with Gasteiger partial charge in [-0.1, -0.05) is 20.8 Å². The maximum Gasteiger partial charge on any atom is 0.142 e. The Bertz CT molecular complexity index is 453. The maximum atomic E-state index is 4.77.